The van der Waals surface area contributed by atoms with E-state index in [4.69, 9.17) is 4.74 Å². The van der Waals surface area contributed by atoms with Crippen molar-refractivity contribution in [3.63, 3.8) is 0 Å². The number of ether oxygens (including phenoxy) is 1. The maximum absolute atomic E-state index is 12.6. The number of aryl methyl sites for hydroxylation is 1. The van der Waals surface area contributed by atoms with E-state index in [1.54, 1.807) is 6.33 Å². The molecule has 24 heavy (non-hydrogen) atoms. The molecule has 0 aliphatic carbocycles. The lowest BCUT2D eigenvalue weighted by atomic mass is 9.76. The molecule has 1 fully saturated rings. The molecule has 0 saturated carbocycles. The maximum atomic E-state index is 12.6. The van der Waals surface area contributed by atoms with Crippen LogP contribution in [-0.2, 0) is 9.53 Å². The van der Waals surface area contributed by atoms with Gasteiger partial charge in [-0.2, -0.15) is 0 Å². The van der Waals surface area contributed by atoms with Crippen molar-refractivity contribution in [2.24, 2.45) is 11.3 Å². The third kappa shape index (κ3) is 2.62. The molecule has 5 nitrogen and oxygen atoms in total. The number of nitrogens with zero attached hydrogens (tertiary/aromatic N) is 3. The van der Waals surface area contributed by atoms with Gasteiger partial charge in [0.2, 0.25) is 0 Å². The maximum Gasteiger partial charge on any atom is 0.314 e. The summed E-state index contributed by atoms with van der Waals surface area (Å²) in [6.07, 6.45) is 2.41. The van der Waals surface area contributed by atoms with Crippen LogP contribution in [0.2, 0.25) is 0 Å². The van der Waals surface area contributed by atoms with Gasteiger partial charge < -0.3 is 9.64 Å². The molecule has 2 aromatic rings. The quantitative estimate of drug-likeness (QED) is 0.806. The number of hydrogen-bond donors (Lipinski definition) is 0. The molecule has 2 heterocycles. The third-order valence-corrected chi connectivity index (χ3v) is 5.23. The highest BCUT2D eigenvalue weighted by atomic mass is 16.5. The van der Waals surface area contributed by atoms with E-state index in [1.165, 1.54) is 0 Å². The first kappa shape index (κ1) is 16.7. The Balaban J connectivity index is 1.98. The molecule has 0 spiro atoms. The Morgan fingerprint density at radius 2 is 2.17 bits per heavy atom. The van der Waals surface area contributed by atoms with Crippen LogP contribution in [0.1, 0.15) is 32.8 Å². The van der Waals surface area contributed by atoms with Gasteiger partial charge in [0.15, 0.2) is 0 Å². The lowest BCUT2D eigenvalue weighted by molar-refractivity contribution is -0.156. The fourth-order valence-corrected chi connectivity index (χ4v) is 3.64. The molecule has 0 N–H and O–H groups in total. The van der Waals surface area contributed by atoms with Crippen molar-refractivity contribution in [1.82, 2.24) is 9.97 Å². The standard InChI is InChI=1S/C19H25N3O2/c1-5-24-18(23)19(13(2)3)9-10-22(11-19)17-15-8-6-7-14(4)16(15)20-12-21-17/h6-8,12-13H,5,9-11H2,1-4H3. The summed E-state index contributed by atoms with van der Waals surface area (Å²) in [4.78, 5) is 23.8. The predicted octanol–water partition coefficient (Wildman–Crippen LogP) is 3.35. The molecule has 1 aliphatic heterocycles. The van der Waals surface area contributed by atoms with E-state index >= 15 is 0 Å². The number of benzene rings is 1. The minimum atomic E-state index is -0.461. The van der Waals surface area contributed by atoms with Crippen LogP contribution in [0, 0.1) is 18.3 Å². The van der Waals surface area contributed by atoms with Gasteiger partial charge in [-0.15, -0.1) is 0 Å². The molecular formula is C19H25N3O2. The summed E-state index contributed by atoms with van der Waals surface area (Å²) in [5, 5.41) is 1.04. The molecule has 5 heteroatoms. The first-order chi connectivity index (χ1) is 11.5. The van der Waals surface area contributed by atoms with E-state index in [0.29, 0.717) is 13.2 Å². The minimum absolute atomic E-state index is 0.0861. The Bertz CT molecular complexity index is 759. The molecule has 1 saturated heterocycles. The SMILES string of the molecule is CCOC(=O)C1(C(C)C)CCN(c2ncnc3c(C)cccc23)C1. The minimum Gasteiger partial charge on any atom is -0.466 e. The highest BCUT2D eigenvalue weighted by Gasteiger charge is 2.48. The van der Waals surface area contributed by atoms with Crippen LogP contribution in [-0.4, -0.2) is 35.6 Å². The van der Waals surface area contributed by atoms with Crippen molar-refractivity contribution in [3.05, 3.63) is 30.1 Å². The fourth-order valence-electron chi connectivity index (χ4n) is 3.64. The average Bonchev–Trinajstić information content (AvgIpc) is 3.02. The summed E-state index contributed by atoms with van der Waals surface area (Å²) in [7, 11) is 0. The lowest BCUT2D eigenvalue weighted by Gasteiger charge is -2.31. The smallest absolute Gasteiger partial charge is 0.314 e. The normalized spacial score (nSPS) is 20.8. The number of para-hydroxylation sites is 1. The zero-order valence-electron chi connectivity index (χ0n) is 14.9. The van der Waals surface area contributed by atoms with Gasteiger partial charge in [-0.25, -0.2) is 9.97 Å². The highest BCUT2D eigenvalue weighted by Crippen LogP contribution is 2.41. The molecule has 3 rings (SSSR count). The second kappa shape index (κ2) is 6.38. The Hall–Kier alpha value is -2.17. The number of fused-ring (bicyclic) bond motifs is 1. The number of hydrogen-bond acceptors (Lipinski definition) is 5. The Kier molecular flexibility index (Phi) is 4.43. The van der Waals surface area contributed by atoms with Crippen LogP contribution in [0.3, 0.4) is 0 Å². The van der Waals surface area contributed by atoms with Crippen LogP contribution in [0.15, 0.2) is 24.5 Å². The number of aromatic nitrogens is 2. The molecular weight excluding hydrogens is 302 g/mol. The number of rotatable bonds is 4. The van der Waals surface area contributed by atoms with Gasteiger partial charge in [0.05, 0.1) is 17.5 Å². The van der Waals surface area contributed by atoms with E-state index in [1.807, 2.05) is 13.0 Å². The Morgan fingerprint density at radius 3 is 2.88 bits per heavy atom. The Labute approximate surface area is 143 Å². The largest absolute Gasteiger partial charge is 0.466 e. The molecule has 1 aromatic heterocycles. The van der Waals surface area contributed by atoms with Crippen LogP contribution in [0.4, 0.5) is 5.82 Å². The van der Waals surface area contributed by atoms with Crippen LogP contribution >= 0.6 is 0 Å². The summed E-state index contributed by atoms with van der Waals surface area (Å²) in [6.45, 7) is 9.98. The topological polar surface area (TPSA) is 55.3 Å². The summed E-state index contributed by atoms with van der Waals surface area (Å²) in [6, 6.07) is 6.14. The highest BCUT2D eigenvalue weighted by molar-refractivity contribution is 5.92. The number of esters is 1. The van der Waals surface area contributed by atoms with E-state index in [-0.39, 0.29) is 11.9 Å². The molecule has 0 amide bonds. The second-order valence-electron chi connectivity index (χ2n) is 6.87. The second-order valence-corrected chi connectivity index (χ2v) is 6.87. The van der Waals surface area contributed by atoms with Crippen LogP contribution < -0.4 is 4.90 Å². The van der Waals surface area contributed by atoms with E-state index in [2.05, 4.69) is 47.8 Å². The zero-order chi connectivity index (χ0) is 17.3. The van der Waals surface area contributed by atoms with Crippen molar-refractivity contribution in [2.45, 2.75) is 34.1 Å². The number of carbonyl (C=O) groups excluding carboxylic acids is 1. The van der Waals surface area contributed by atoms with Crippen molar-refractivity contribution < 1.29 is 9.53 Å². The van der Waals surface area contributed by atoms with Crippen molar-refractivity contribution in [3.8, 4) is 0 Å². The van der Waals surface area contributed by atoms with Gasteiger partial charge in [0.25, 0.3) is 0 Å². The first-order valence-electron chi connectivity index (χ1n) is 8.62. The van der Waals surface area contributed by atoms with Gasteiger partial charge in [-0.05, 0) is 37.8 Å². The number of carbonyl (C=O) groups is 1. The van der Waals surface area contributed by atoms with Crippen molar-refractivity contribution in [1.29, 1.82) is 0 Å². The summed E-state index contributed by atoms with van der Waals surface area (Å²) in [5.74, 6) is 1.05. The Morgan fingerprint density at radius 1 is 1.38 bits per heavy atom. The van der Waals surface area contributed by atoms with Crippen LogP contribution in [0.25, 0.3) is 10.9 Å². The third-order valence-electron chi connectivity index (χ3n) is 5.23. The van der Waals surface area contributed by atoms with E-state index in [0.717, 1.165) is 35.2 Å². The molecule has 0 radical (unpaired) electrons. The number of anilines is 1. The molecule has 0 bridgehead atoms. The first-order valence-corrected chi connectivity index (χ1v) is 8.62. The molecule has 1 aromatic carbocycles. The van der Waals surface area contributed by atoms with Crippen molar-refractivity contribution >= 4 is 22.7 Å². The molecule has 128 valence electrons. The van der Waals surface area contributed by atoms with Crippen molar-refractivity contribution in [2.75, 3.05) is 24.6 Å². The summed E-state index contributed by atoms with van der Waals surface area (Å²) in [5.41, 5.74) is 1.65. The van der Waals surface area contributed by atoms with Crippen LogP contribution in [0.5, 0.6) is 0 Å². The molecule has 1 aliphatic rings. The predicted molar refractivity (Wildman–Crippen MR) is 95.0 cm³/mol. The van der Waals surface area contributed by atoms with E-state index in [9.17, 15) is 4.79 Å². The van der Waals surface area contributed by atoms with E-state index < -0.39 is 5.41 Å². The lowest BCUT2D eigenvalue weighted by Crippen LogP contribution is -2.40. The van der Waals surface area contributed by atoms with Gasteiger partial charge >= 0.3 is 5.97 Å². The summed E-state index contributed by atoms with van der Waals surface area (Å²) >= 11 is 0. The fraction of sp³-hybridized carbons (Fsp3) is 0.526. The van der Waals surface area contributed by atoms with Gasteiger partial charge in [0.1, 0.15) is 12.1 Å². The zero-order valence-corrected chi connectivity index (χ0v) is 14.9. The molecule has 1 unspecified atom stereocenters. The van der Waals surface area contributed by atoms with Gasteiger partial charge in [-0.1, -0.05) is 26.0 Å². The van der Waals surface area contributed by atoms with Gasteiger partial charge in [0, 0.05) is 18.5 Å². The monoisotopic (exact) mass is 327 g/mol. The average molecular weight is 327 g/mol. The summed E-state index contributed by atoms with van der Waals surface area (Å²) < 4.78 is 5.38. The molecule has 1 atom stereocenters. The van der Waals surface area contributed by atoms with Gasteiger partial charge in [-0.3, -0.25) is 4.79 Å².